The summed E-state index contributed by atoms with van der Waals surface area (Å²) in [6, 6.07) is 24.7. The third-order valence-corrected chi connectivity index (χ3v) is 5.54. The van der Waals surface area contributed by atoms with Gasteiger partial charge in [-0.2, -0.15) is 0 Å². The summed E-state index contributed by atoms with van der Waals surface area (Å²) in [6.07, 6.45) is -3.88. The van der Waals surface area contributed by atoms with Gasteiger partial charge < -0.3 is 24.1 Å². The SMILES string of the molecule is C[C@]1(O)C(OC(=O)c2ccccc2)O[C@H](COC(=O)c2ccccc2)[C@H]1OC(=O)c1ccccc1. The van der Waals surface area contributed by atoms with Crippen LogP contribution in [0.4, 0.5) is 0 Å². The van der Waals surface area contributed by atoms with Crippen molar-refractivity contribution in [2.45, 2.75) is 31.0 Å². The predicted octanol–water partition coefficient (Wildman–Crippen LogP) is 3.40. The van der Waals surface area contributed by atoms with Crippen LogP contribution in [0.5, 0.6) is 0 Å². The number of aliphatic hydroxyl groups is 1. The summed E-state index contributed by atoms with van der Waals surface area (Å²) in [5.41, 5.74) is -1.10. The number of carbonyl (C=O) groups excluding carboxylic acids is 3. The Balaban J connectivity index is 1.53. The summed E-state index contributed by atoms with van der Waals surface area (Å²) in [6.45, 7) is 0.980. The van der Waals surface area contributed by atoms with Crippen LogP contribution in [0.25, 0.3) is 0 Å². The van der Waals surface area contributed by atoms with Gasteiger partial charge in [-0.05, 0) is 43.3 Å². The van der Waals surface area contributed by atoms with Crippen molar-refractivity contribution in [3.8, 4) is 0 Å². The van der Waals surface area contributed by atoms with Crippen LogP contribution in [-0.4, -0.2) is 53.7 Å². The van der Waals surface area contributed by atoms with Gasteiger partial charge >= 0.3 is 17.9 Å². The Labute approximate surface area is 202 Å². The molecule has 1 aliphatic rings. The molecule has 0 aromatic heterocycles. The van der Waals surface area contributed by atoms with Gasteiger partial charge in [0.05, 0.1) is 16.7 Å². The minimum Gasteiger partial charge on any atom is -0.459 e. The average Bonchev–Trinajstić information content (AvgIpc) is 3.12. The van der Waals surface area contributed by atoms with Gasteiger partial charge in [-0.15, -0.1) is 0 Å². The summed E-state index contributed by atoms with van der Waals surface area (Å²) >= 11 is 0. The summed E-state index contributed by atoms with van der Waals surface area (Å²) in [5, 5.41) is 11.2. The van der Waals surface area contributed by atoms with Crippen molar-refractivity contribution >= 4 is 17.9 Å². The normalized spacial score (nSPS) is 23.3. The number of hydrogen-bond acceptors (Lipinski definition) is 8. The summed E-state index contributed by atoms with van der Waals surface area (Å²) in [7, 11) is 0. The Kier molecular flexibility index (Phi) is 7.24. The quantitative estimate of drug-likeness (QED) is 0.408. The van der Waals surface area contributed by atoms with Gasteiger partial charge in [0.25, 0.3) is 0 Å². The van der Waals surface area contributed by atoms with Crippen molar-refractivity contribution in [1.29, 1.82) is 0 Å². The fraction of sp³-hybridized carbons (Fsp3) is 0.222. The van der Waals surface area contributed by atoms with E-state index in [1.54, 1.807) is 91.0 Å². The molecule has 0 aliphatic carbocycles. The van der Waals surface area contributed by atoms with Crippen LogP contribution in [0.15, 0.2) is 91.0 Å². The zero-order valence-corrected chi connectivity index (χ0v) is 18.9. The number of benzene rings is 3. The van der Waals surface area contributed by atoms with Gasteiger partial charge in [0, 0.05) is 0 Å². The van der Waals surface area contributed by atoms with Gasteiger partial charge in [-0.3, -0.25) is 0 Å². The summed E-state index contributed by atoms with van der Waals surface area (Å²) in [4.78, 5) is 37.8. The highest BCUT2D eigenvalue weighted by Gasteiger charge is 2.57. The molecule has 180 valence electrons. The molecule has 1 saturated heterocycles. The van der Waals surface area contributed by atoms with Crippen LogP contribution in [0.2, 0.25) is 0 Å². The molecule has 8 nitrogen and oxygen atoms in total. The minimum absolute atomic E-state index is 0.253. The number of esters is 3. The molecule has 0 saturated carbocycles. The van der Waals surface area contributed by atoms with E-state index in [4.69, 9.17) is 18.9 Å². The van der Waals surface area contributed by atoms with Crippen molar-refractivity contribution < 1.29 is 38.4 Å². The summed E-state index contributed by atoms with van der Waals surface area (Å²) < 4.78 is 22.1. The first-order chi connectivity index (χ1) is 16.9. The lowest BCUT2D eigenvalue weighted by atomic mass is 9.97. The van der Waals surface area contributed by atoms with Crippen LogP contribution in [0.1, 0.15) is 38.0 Å². The van der Waals surface area contributed by atoms with E-state index in [9.17, 15) is 19.5 Å². The topological polar surface area (TPSA) is 108 Å². The molecule has 1 aliphatic heterocycles. The van der Waals surface area contributed by atoms with Crippen LogP contribution in [0.3, 0.4) is 0 Å². The Morgan fingerprint density at radius 1 is 0.743 bits per heavy atom. The lowest BCUT2D eigenvalue weighted by molar-refractivity contribution is -0.173. The highest BCUT2D eigenvalue weighted by Crippen LogP contribution is 2.35. The smallest absolute Gasteiger partial charge is 0.340 e. The lowest BCUT2D eigenvalue weighted by Gasteiger charge is -2.29. The number of ether oxygens (including phenoxy) is 4. The predicted molar refractivity (Wildman–Crippen MR) is 124 cm³/mol. The van der Waals surface area contributed by atoms with Crippen LogP contribution in [0, 0.1) is 0 Å². The fourth-order valence-electron chi connectivity index (χ4n) is 3.66. The maximum Gasteiger partial charge on any atom is 0.340 e. The van der Waals surface area contributed by atoms with E-state index in [1.165, 1.54) is 6.92 Å². The first-order valence-corrected chi connectivity index (χ1v) is 11.0. The first-order valence-electron chi connectivity index (χ1n) is 11.0. The van der Waals surface area contributed by atoms with Crippen molar-refractivity contribution in [2.75, 3.05) is 6.61 Å². The Hall–Kier alpha value is -4.01. The van der Waals surface area contributed by atoms with E-state index < -0.39 is 42.0 Å². The lowest BCUT2D eigenvalue weighted by Crippen LogP contribution is -2.49. The zero-order chi connectivity index (χ0) is 24.8. The van der Waals surface area contributed by atoms with Gasteiger partial charge in [-0.25, -0.2) is 14.4 Å². The monoisotopic (exact) mass is 476 g/mol. The van der Waals surface area contributed by atoms with Crippen LogP contribution >= 0.6 is 0 Å². The van der Waals surface area contributed by atoms with Crippen molar-refractivity contribution in [3.05, 3.63) is 108 Å². The van der Waals surface area contributed by atoms with Gasteiger partial charge in [-0.1, -0.05) is 54.6 Å². The molecule has 1 fully saturated rings. The molecular formula is C27H24O8. The van der Waals surface area contributed by atoms with Gasteiger partial charge in [0.1, 0.15) is 12.7 Å². The molecule has 1 unspecified atom stereocenters. The molecular weight excluding hydrogens is 452 g/mol. The molecule has 3 aromatic carbocycles. The third kappa shape index (κ3) is 5.56. The minimum atomic E-state index is -1.93. The number of rotatable bonds is 7. The van der Waals surface area contributed by atoms with E-state index in [2.05, 4.69) is 0 Å². The average molecular weight is 476 g/mol. The zero-order valence-electron chi connectivity index (χ0n) is 18.9. The molecule has 0 radical (unpaired) electrons. The number of hydrogen-bond donors (Lipinski definition) is 1. The van der Waals surface area contributed by atoms with E-state index in [-0.39, 0.29) is 17.7 Å². The molecule has 3 aromatic rings. The Bertz CT molecular complexity index is 1160. The molecule has 35 heavy (non-hydrogen) atoms. The second-order valence-electron chi connectivity index (χ2n) is 8.16. The second kappa shape index (κ2) is 10.5. The van der Waals surface area contributed by atoms with E-state index in [0.29, 0.717) is 5.56 Å². The Morgan fingerprint density at radius 2 is 1.17 bits per heavy atom. The third-order valence-electron chi connectivity index (χ3n) is 5.54. The fourth-order valence-corrected chi connectivity index (χ4v) is 3.66. The maximum atomic E-state index is 12.7. The van der Waals surface area contributed by atoms with Gasteiger partial charge in [0.2, 0.25) is 6.29 Å². The maximum absolute atomic E-state index is 12.7. The van der Waals surface area contributed by atoms with Crippen LogP contribution < -0.4 is 0 Å². The molecule has 0 bridgehead atoms. The van der Waals surface area contributed by atoms with Crippen molar-refractivity contribution in [1.82, 2.24) is 0 Å². The van der Waals surface area contributed by atoms with Crippen LogP contribution in [-0.2, 0) is 18.9 Å². The van der Waals surface area contributed by atoms with E-state index in [0.717, 1.165) is 0 Å². The van der Waals surface area contributed by atoms with Crippen molar-refractivity contribution in [2.24, 2.45) is 0 Å². The second-order valence-corrected chi connectivity index (χ2v) is 8.16. The Morgan fingerprint density at radius 3 is 1.66 bits per heavy atom. The highest BCUT2D eigenvalue weighted by atomic mass is 16.7. The molecule has 8 heteroatoms. The molecule has 0 spiro atoms. The van der Waals surface area contributed by atoms with E-state index >= 15 is 0 Å². The highest BCUT2D eigenvalue weighted by molar-refractivity contribution is 5.90. The summed E-state index contributed by atoms with van der Waals surface area (Å²) in [5.74, 6) is -2.06. The molecule has 4 atom stereocenters. The molecule has 4 rings (SSSR count). The number of carbonyl (C=O) groups is 3. The van der Waals surface area contributed by atoms with E-state index in [1.807, 2.05) is 0 Å². The molecule has 1 heterocycles. The largest absolute Gasteiger partial charge is 0.459 e. The molecule has 0 amide bonds. The van der Waals surface area contributed by atoms with Crippen molar-refractivity contribution in [3.63, 3.8) is 0 Å². The first kappa shape index (κ1) is 24.1. The van der Waals surface area contributed by atoms with Gasteiger partial charge in [0.15, 0.2) is 11.7 Å². The standard InChI is InChI=1S/C27H24O8/c1-27(31)22(34-24(29)19-13-7-3-8-14-19)21(17-32-23(28)18-11-5-2-6-12-18)33-26(27)35-25(30)20-15-9-4-10-16-20/h2-16,21-22,26,31H,17H2,1H3/t21-,22-,26?,27-/m1/s1. The molecule has 1 N–H and O–H groups in total.